The molecule has 0 heterocycles. The molecule has 0 radical (unpaired) electrons. The highest BCUT2D eigenvalue weighted by Crippen LogP contribution is 2.36. The van der Waals surface area contributed by atoms with Crippen LogP contribution in [-0.2, 0) is 23.6 Å². The first-order valence-corrected chi connectivity index (χ1v) is 8.93. The van der Waals surface area contributed by atoms with Crippen molar-refractivity contribution in [3.05, 3.63) is 68.3 Å². The molecule has 11 heteroatoms. The molecule has 2 N–H and O–H groups in total. The maximum Gasteiger partial charge on any atom is 0.416 e. The van der Waals surface area contributed by atoms with Crippen LogP contribution in [0.5, 0.6) is 0 Å². The fourth-order valence-electron chi connectivity index (χ4n) is 2.43. The Morgan fingerprint density at radius 3 is 1.97 bits per heavy atom. The highest BCUT2D eigenvalue weighted by molar-refractivity contribution is 14.1. The SMILES string of the molecule is O=C(N[C@@H](Cc1cccc(I)c1)C(=O)O)c1cc(C(F)(F)F)cc(C(F)(F)F)c1. The summed E-state index contributed by atoms with van der Waals surface area (Å²) in [6, 6.07) is 5.41. The van der Waals surface area contributed by atoms with Gasteiger partial charge in [0.1, 0.15) is 6.04 Å². The number of carboxylic acids is 1. The van der Waals surface area contributed by atoms with Gasteiger partial charge in [-0.05, 0) is 58.5 Å². The second-order valence-corrected chi connectivity index (χ2v) is 7.24. The third kappa shape index (κ3) is 6.34. The Morgan fingerprint density at radius 2 is 1.52 bits per heavy atom. The van der Waals surface area contributed by atoms with E-state index in [1.165, 1.54) is 0 Å². The largest absolute Gasteiger partial charge is 0.480 e. The predicted molar refractivity (Wildman–Crippen MR) is 98.2 cm³/mol. The first-order valence-electron chi connectivity index (χ1n) is 7.85. The van der Waals surface area contributed by atoms with Crippen LogP contribution in [0.4, 0.5) is 26.3 Å². The Balaban J connectivity index is 2.35. The number of nitrogens with one attached hydrogen (secondary N) is 1. The van der Waals surface area contributed by atoms with Gasteiger partial charge in [-0.15, -0.1) is 0 Å². The fourth-order valence-corrected chi connectivity index (χ4v) is 3.03. The molecule has 0 unspecified atom stereocenters. The number of benzene rings is 2. The number of rotatable bonds is 5. The average Bonchev–Trinajstić information content (AvgIpc) is 2.59. The van der Waals surface area contributed by atoms with E-state index in [9.17, 15) is 41.0 Å². The Hall–Kier alpha value is -2.31. The lowest BCUT2D eigenvalue weighted by molar-refractivity contribution is -0.143. The lowest BCUT2D eigenvalue weighted by Crippen LogP contribution is -2.42. The number of halogens is 7. The van der Waals surface area contributed by atoms with E-state index in [4.69, 9.17) is 0 Å². The zero-order valence-electron chi connectivity index (χ0n) is 14.2. The van der Waals surface area contributed by atoms with Crippen molar-refractivity contribution < 1.29 is 41.0 Å². The molecule has 0 aliphatic rings. The standard InChI is InChI=1S/C18H12F6INO3/c19-17(20,21)11-6-10(7-12(8-11)18(22,23)24)15(27)26-14(16(28)29)5-9-2-1-3-13(25)4-9/h1-4,6-8,14H,5H2,(H,26,27)(H,28,29)/t14-/m0/s1. The summed E-state index contributed by atoms with van der Waals surface area (Å²) in [6.07, 6.45) is -10.4. The molecule has 0 saturated carbocycles. The van der Waals surface area contributed by atoms with E-state index in [2.05, 4.69) is 0 Å². The first-order chi connectivity index (χ1) is 13.3. The number of hydrogen-bond acceptors (Lipinski definition) is 2. The summed E-state index contributed by atoms with van der Waals surface area (Å²) in [4.78, 5) is 23.7. The Morgan fingerprint density at radius 1 is 0.966 bits per heavy atom. The monoisotopic (exact) mass is 531 g/mol. The summed E-state index contributed by atoms with van der Waals surface area (Å²) in [6.45, 7) is 0. The van der Waals surface area contributed by atoms with Gasteiger partial charge < -0.3 is 10.4 Å². The molecule has 156 valence electrons. The second kappa shape index (κ2) is 8.59. The van der Waals surface area contributed by atoms with Gasteiger partial charge in [0.15, 0.2) is 0 Å². The number of alkyl halides is 6. The van der Waals surface area contributed by atoms with Crippen molar-refractivity contribution in [3.63, 3.8) is 0 Å². The van der Waals surface area contributed by atoms with Gasteiger partial charge in [0.05, 0.1) is 11.1 Å². The van der Waals surface area contributed by atoms with Gasteiger partial charge in [-0.2, -0.15) is 26.3 Å². The third-order valence-corrected chi connectivity index (χ3v) is 4.45. The molecule has 0 aliphatic heterocycles. The number of carboxylic acid groups (broad SMARTS) is 1. The van der Waals surface area contributed by atoms with Gasteiger partial charge in [-0.3, -0.25) is 4.79 Å². The minimum Gasteiger partial charge on any atom is -0.480 e. The Bertz CT molecular complexity index is 894. The lowest BCUT2D eigenvalue weighted by atomic mass is 10.0. The van der Waals surface area contributed by atoms with Crippen LogP contribution < -0.4 is 5.32 Å². The van der Waals surface area contributed by atoms with Crippen LogP contribution in [0.2, 0.25) is 0 Å². The van der Waals surface area contributed by atoms with Gasteiger partial charge in [0, 0.05) is 15.6 Å². The van der Waals surface area contributed by atoms with Crippen molar-refractivity contribution in [1.82, 2.24) is 5.32 Å². The molecule has 0 bridgehead atoms. The predicted octanol–water partition coefficient (Wildman–Crippen LogP) is 4.75. The van der Waals surface area contributed by atoms with Crippen LogP contribution in [-0.4, -0.2) is 23.0 Å². The molecule has 2 aromatic carbocycles. The summed E-state index contributed by atoms with van der Waals surface area (Å²) in [5.74, 6) is -2.85. The highest BCUT2D eigenvalue weighted by Gasteiger charge is 2.37. The van der Waals surface area contributed by atoms with E-state index >= 15 is 0 Å². The maximum atomic E-state index is 12.9. The molecule has 0 fully saturated rings. The van der Waals surface area contributed by atoms with E-state index in [1.54, 1.807) is 24.3 Å². The molecule has 29 heavy (non-hydrogen) atoms. The zero-order valence-corrected chi connectivity index (χ0v) is 16.4. The summed E-state index contributed by atoms with van der Waals surface area (Å²) in [5.41, 5.74) is -3.76. The minimum absolute atomic E-state index is 0.114. The van der Waals surface area contributed by atoms with Gasteiger partial charge in [-0.25, -0.2) is 4.79 Å². The van der Waals surface area contributed by atoms with Crippen molar-refractivity contribution >= 4 is 34.5 Å². The smallest absolute Gasteiger partial charge is 0.416 e. The van der Waals surface area contributed by atoms with Gasteiger partial charge in [0.25, 0.3) is 5.91 Å². The molecule has 0 saturated heterocycles. The summed E-state index contributed by atoms with van der Waals surface area (Å²) >= 11 is 1.98. The summed E-state index contributed by atoms with van der Waals surface area (Å²) in [7, 11) is 0. The van der Waals surface area contributed by atoms with Crippen LogP contribution in [0.3, 0.4) is 0 Å². The highest BCUT2D eigenvalue weighted by atomic mass is 127. The molecular formula is C18H12F6INO3. The first kappa shape index (κ1) is 23.0. The molecule has 2 aromatic rings. The van der Waals surface area contributed by atoms with E-state index in [1.807, 2.05) is 27.9 Å². The number of hydrogen-bond donors (Lipinski definition) is 2. The van der Waals surface area contributed by atoms with E-state index in [0.29, 0.717) is 5.56 Å². The molecule has 2 rings (SSSR count). The van der Waals surface area contributed by atoms with Crippen LogP contribution in [0.1, 0.15) is 27.0 Å². The number of carbonyl (C=O) groups is 2. The average molecular weight is 531 g/mol. The molecule has 4 nitrogen and oxygen atoms in total. The normalized spacial score (nSPS) is 13.1. The van der Waals surface area contributed by atoms with E-state index < -0.39 is 47.0 Å². The van der Waals surface area contributed by atoms with Gasteiger partial charge in [-0.1, -0.05) is 12.1 Å². The molecule has 0 aromatic heterocycles. The fraction of sp³-hybridized carbons (Fsp3) is 0.222. The van der Waals surface area contributed by atoms with E-state index in [-0.39, 0.29) is 24.6 Å². The van der Waals surface area contributed by atoms with Crippen molar-refractivity contribution in [2.75, 3.05) is 0 Å². The molecule has 1 atom stereocenters. The maximum absolute atomic E-state index is 12.9. The topological polar surface area (TPSA) is 66.4 Å². The second-order valence-electron chi connectivity index (χ2n) is 5.99. The molecule has 0 spiro atoms. The van der Waals surface area contributed by atoms with E-state index in [0.717, 1.165) is 3.57 Å². The van der Waals surface area contributed by atoms with Crippen LogP contribution in [0.15, 0.2) is 42.5 Å². The zero-order chi connectivity index (χ0) is 22.0. The number of carbonyl (C=O) groups excluding carboxylic acids is 1. The van der Waals surface area contributed by atoms with Crippen molar-refractivity contribution in [2.45, 2.75) is 24.8 Å². The lowest BCUT2D eigenvalue weighted by Gasteiger charge is -2.17. The van der Waals surface area contributed by atoms with Crippen molar-refractivity contribution in [3.8, 4) is 0 Å². The van der Waals surface area contributed by atoms with Crippen molar-refractivity contribution in [2.24, 2.45) is 0 Å². The van der Waals surface area contributed by atoms with Crippen LogP contribution in [0.25, 0.3) is 0 Å². The quantitative estimate of drug-likeness (QED) is 0.433. The minimum atomic E-state index is -5.12. The molecule has 0 aliphatic carbocycles. The van der Waals surface area contributed by atoms with Crippen LogP contribution in [0, 0.1) is 3.57 Å². The number of amides is 1. The van der Waals surface area contributed by atoms with Crippen molar-refractivity contribution in [1.29, 1.82) is 0 Å². The summed E-state index contributed by atoms with van der Waals surface area (Å²) < 4.78 is 78.3. The Kier molecular flexibility index (Phi) is 6.81. The number of aliphatic carboxylic acids is 1. The molecular weight excluding hydrogens is 519 g/mol. The van der Waals surface area contributed by atoms with Gasteiger partial charge >= 0.3 is 18.3 Å². The third-order valence-electron chi connectivity index (χ3n) is 3.78. The van der Waals surface area contributed by atoms with Gasteiger partial charge in [0.2, 0.25) is 0 Å². The Labute approximate surface area is 174 Å². The molecule has 1 amide bonds. The van der Waals surface area contributed by atoms with Crippen LogP contribution >= 0.6 is 22.6 Å². The summed E-state index contributed by atoms with van der Waals surface area (Å²) in [5, 5.41) is 11.3.